The Hall–Kier alpha value is -4.18. The van der Waals surface area contributed by atoms with Gasteiger partial charge < -0.3 is 14.8 Å². The molecule has 0 spiro atoms. The molecule has 0 aliphatic carbocycles. The van der Waals surface area contributed by atoms with Crippen molar-refractivity contribution in [1.29, 1.82) is 0 Å². The normalized spacial score (nSPS) is 11.2. The van der Waals surface area contributed by atoms with E-state index in [1.54, 1.807) is 29.6 Å². The SMILES string of the molecule is COCCOc1cc2nccc(Sc3ccc(Nc4nnc(-c5ccc(Cl)cc5)c5ccccc45)cc3)n2n1. The monoisotopic (exact) mass is 554 g/mol. The van der Waals surface area contributed by atoms with Crippen molar-refractivity contribution in [3.63, 3.8) is 0 Å². The third-order valence-corrected chi connectivity index (χ3v) is 7.26. The lowest BCUT2D eigenvalue weighted by Gasteiger charge is -2.12. The second-order valence-corrected chi connectivity index (χ2v) is 10.1. The molecule has 8 nitrogen and oxygen atoms in total. The second-order valence-electron chi connectivity index (χ2n) is 8.58. The number of ether oxygens (including phenoxy) is 2. The fourth-order valence-electron chi connectivity index (χ4n) is 4.11. The van der Waals surface area contributed by atoms with E-state index in [9.17, 15) is 0 Å². The smallest absolute Gasteiger partial charge is 0.235 e. The zero-order valence-electron chi connectivity index (χ0n) is 20.9. The summed E-state index contributed by atoms with van der Waals surface area (Å²) in [7, 11) is 1.64. The quantitative estimate of drug-likeness (QED) is 0.152. The minimum absolute atomic E-state index is 0.431. The summed E-state index contributed by atoms with van der Waals surface area (Å²) in [5.41, 5.74) is 3.41. The molecule has 0 aliphatic rings. The van der Waals surface area contributed by atoms with Crippen LogP contribution < -0.4 is 10.1 Å². The predicted octanol–water partition coefficient (Wildman–Crippen LogP) is 6.91. The Bertz CT molecular complexity index is 1740. The highest BCUT2D eigenvalue weighted by Crippen LogP contribution is 2.33. The van der Waals surface area contributed by atoms with Crippen LogP contribution in [-0.2, 0) is 4.74 Å². The maximum absolute atomic E-state index is 6.07. The largest absolute Gasteiger partial charge is 0.474 e. The van der Waals surface area contributed by atoms with Crippen LogP contribution in [0.1, 0.15) is 0 Å². The van der Waals surface area contributed by atoms with Crippen molar-refractivity contribution < 1.29 is 9.47 Å². The summed E-state index contributed by atoms with van der Waals surface area (Å²) >= 11 is 7.67. The second kappa shape index (κ2) is 11.3. The molecule has 1 N–H and O–H groups in total. The lowest BCUT2D eigenvalue weighted by molar-refractivity contribution is 0.143. The molecule has 3 heterocycles. The lowest BCUT2D eigenvalue weighted by atomic mass is 10.0. The van der Waals surface area contributed by atoms with Gasteiger partial charge in [0.15, 0.2) is 11.5 Å². The summed E-state index contributed by atoms with van der Waals surface area (Å²) < 4.78 is 12.5. The van der Waals surface area contributed by atoms with Crippen molar-refractivity contribution in [2.45, 2.75) is 9.92 Å². The molecule has 0 fully saturated rings. The molecule has 194 valence electrons. The number of methoxy groups -OCH3 is 1. The minimum atomic E-state index is 0.431. The Morgan fingerprint density at radius 1 is 0.897 bits per heavy atom. The maximum atomic E-state index is 6.07. The van der Waals surface area contributed by atoms with Gasteiger partial charge in [-0.2, -0.15) is 0 Å². The summed E-state index contributed by atoms with van der Waals surface area (Å²) in [4.78, 5) is 5.45. The summed E-state index contributed by atoms with van der Waals surface area (Å²) in [5.74, 6) is 1.21. The topological polar surface area (TPSA) is 86.5 Å². The number of halogens is 1. The first kappa shape index (κ1) is 25.1. The Morgan fingerprint density at radius 3 is 2.49 bits per heavy atom. The molecule has 0 atom stereocenters. The molecule has 6 rings (SSSR count). The third kappa shape index (κ3) is 5.51. The van der Waals surface area contributed by atoms with Crippen LogP contribution in [0.15, 0.2) is 101 Å². The number of hydrogen-bond donors (Lipinski definition) is 1. The molecule has 0 saturated carbocycles. The fourth-order valence-corrected chi connectivity index (χ4v) is 5.10. The molecule has 0 aliphatic heterocycles. The van der Waals surface area contributed by atoms with E-state index in [2.05, 4.69) is 43.8 Å². The Labute approximate surface area is 234 Å². The van der Waals surface area contributed by atoms with E-state index >= 15 is 0 Å². The molecule has 6 aromatic rings. The molecular weight excluding hydrogens is 532 g/mol. The number of anilines is 2. The highest BCUT2D eigenvalue weighted by atomic mass is 35.5. The number of benzene rings is 3. The van der Waals surface area contributed by atoms with Crippen molar-refractivity contribution in [3.05, 3.63) is 96.1 Å². The van der Waals surface area contributed by atoms with E-state index in [1.807, 2.05) is 66.7 Å². The van der Waals surface area contributed by atoms with Crippen molar-refractivity contribution >= 4 is 51.3 Å². The third-order valence-electron chi connectivity index (χ3n) is 5.98. The molecule has 0 unspecified atom stereocenters. The van der Waals surface area contributed by atoms with Crippen molar-refractivity contribution in [1.82, 2.24) is 24.8 Å². The van der Waals surface area contributed by atoms with Crippen LogP contribution >= 0.6 is 23.4 Å². The molecular formula is C29H23ClN6O2S. The van der Waals surface area contributed by atoms with Crippen LogP contribution in [0.2, 0.25) is 5.02 Å². The summed E-state index contributed by atoms with van der Waals surface area (Å²) in [6.07, 6.45) is 1.77. The number of aromatic nitrogens is 5. The van der Waals surface area contributed by atoms with E-state index in [-0.39, 0.29) is 0 Å². The highest BCUT2D eigenvalue weighted by molar-refractivity contribution is 7.99. The number of hydrogen-bond acceptors (Lipinski definition) is 8. The van der Waals surface area contributed by atoms with Crippen LogP contribution in [-0.4, -0.2) is 45.1 Å². The van der Waals surface area contributed by atoms with Gasteiger partial charge in [-0.3, -0.25) is 0 Å². The van der Waals surface area contributed by atoms with E-state index < -0.39 is 0 Å². The summed E-state index contributed by atoms with van der Waals surface area (Å²) in [5, 5.41) is 20.6. The van der Waals surface area contributed by atoms with E-state index in [1.165, 1.54) is 0 Å². The van der Waals surface area contributed by atoms with Gasteiger partial charge in [-0.25, -0.2) is 9.50 Å². The number of fused-ring (bicyclic) bond motifs is 2. The summed E-state index contributed by atoms with van der Waals surface area (Å²) in [6.45, 7) is 0.929. The number of rotatable bonds is 9. The van der Waals surface area contributed by atoms with Crippen LogP contribution in [0.3, 0.4) is 0 Å². The first-order chi connectivity index (χ1) is 19.2. The van der Waals surface area contributed by atoms with Gasteiger partial charge in [-0.15, -0.1) is 15.3 Å². The van der Waals surface area contributed by atoms with Gasteiger partial charge in [-0.05, 0) is 42.5 Å². The molecule has 0 amide bonds. The van der Waals surface area contributed by atoms with E-state index in [0.717, 1.165) is 43.3 Å². The number of nitrogens with one attached hydrogen (secondary N) is 1. The Balaban J connectivity index is 1.22. The van der Waals surface area contributed by atoms with Gasteiger partial charge in [0.1, 0.15) is 17.3 Å². The van der Waals surface area contributed by atoms with Crippen molar-refractivity contribution in [3.8, 4) is 17.1 Å². The molecule has 0 bridgehead atoms. The van der Waals surface area contributed by atoms with Crippen molar-refractivity contribution in [2.75, 3.05) is 25.6 Å². The Morgan fingerprint density at radius 2 is 1.69 bits per heavy atom. The fraction of sp³-hybridized carbons (Fsp3) is 0.103. The van der Waals surface area contributed by atoms with Crippen LogP contribution in [0, 0.1) is 0 Å². The van der Waals surface area contributed by atoms with Crippen LogP contribution in [0.25, 0.3) is 27.7 Å². The minimum Gasteiger partial charge on any atom is -0.474 e. The standard InChI is InChI=1S/C29H23ClN6O2S/c1-37-16-17-38-26-18-25-31-15-14-27(36(25)35-26)39-22-12-10-21(11-13-22)32-29-24-5-3-2-4-23(24)28(33-34-29)19-6-8-20(30)9-7-19/h2-15,18H,16-17H2,1H3,(H,32,34). The zero-order chi connectivity index (χ0) is 26.6. The van der Waals surface area contributed by atoms with Gasteiger partial charge in [-0.1, -0.05) is 59.8 Å². The average molecular weight is 555 g/mol. The molecule has 0 saturated heterocycles. The number of nitrogens with zero attached hydrogens (tertiary/aromatic N) is 5. The molecule has 3 aromatic heterocycles. The maximum Gasteiger partial charge on any atom is 0.235 e. The average Bonchev–Trinajstić information content (AvgIpc) is 3.39. The van der Waals surface area contributed by atoms with Crippen LogP contribution in [0.5, 0.6) is 5.88 Å². The molecule has 10 heteroatoms. The Kier molecular flexibility index (Phi) is 7.27. The van der Waals surface area contributed by atoms with E-state index in [4.69, 9.17) is 21.1 Å². The van der Waals surface area contributed by atoms with Crippen LogP contribution in [0.4, 0.5) is 11.5 Å². The predicted molar refractivity (Wildman–Crippen MR) is 154 cm³/mol. The van der Waals surface area contributed by atoms with Gasteiger partial charge in [0.25, 0.3) is 0 Å². The molecule has 39 heavy (non-hydrogen) atoms. The zero-order valence-corrected chi connectivity index (χ0v) is 22.5. The summed E-state index contributed by atoms with van der Waals surface area (Å²) in [6, 6.07) is 27.6. The van der Waals surface area contributed by atoms with Gasteiger partial charge in [0.05, 0.1) is 6.61 Å². The highest BCUT2D eigenvalue weighted by Gasteiger charge is 2.12. The lowest BCUT2D eigenvalue weighted by Crippen LogP contribution is -2.04. The van der Waals surface area contributed by atoms with Gasteiger partial charge in [0.2, 0.25) is 5.88 Å². The van der Waals surface area contributed by atoms with E-state index in [0.29, 0.717) is 29.9 Å². The molecule has 0 radical (unpaired) electrons. The first-order valence-electron chi connectivity index (χ1n) is 12.2. The van der Waals surface area contributed by atoms with Crippen molar-refractivity contribution in [2.24, 2.45) is 0 Å². The van der Waals surface area contributed by atoms with Gasteiger partial charge in [0, 0.05) is 51.3 Å². The van der Waals surface area contributed by atoms with Gasteiger partial charge >= 0.3 is 0 Å². The first-order valence-corrected chi connectivity index (χ1v) is 13.4. The molecule has 3 aromatic carbocycles.